The van der Waals surface area contributed by atoms with E-state index in [2.05, 4.69) is 0 Å². The maximum atomic E-state index is 14.0. The Hall–Kier alpha value is -3.98. The van der Waals surface area contributed by atoms with E-state index in [4.69, 9.17) is 0 Å². The summed E-state index contributed by atoms with van der Waals surface area (Å²) in [4.78, 5) is 28.8. The summed E-state index contributed by atoms with van der Waals surface area (Å²) in [5, 5.41) is 0. The Morgan fingerprint density at radius 2 is 1.06 bits per heavy atom. The van der Waals surface area contributed by atoms with Crippen LogP contribution >= 0.6 is 0 Å². The van der Waals surface area contributed by atoms with Gasteiger partial charge in [-0.15, -0.1) is 0 Å². The molecule has 4 aromatic carbocycles. The van der Waals surface area contributed by atoms with E-state index in [9.17, 15) is 9.59 Å². The molecule has 164 valence electrons. The predicted molar refractivity (Wildman–Crippen MR) is 134 cm³/mol. The van der Waals surface area contributed by atoms with Gasteiger partial charge in [-0.2, -0.15) is 0 Å². The first-order valence-electron chi connectivity index (χ1n) is 11.3. The van der Waals surface area contributed by atoms with Gasteiger partial charge in [0.25, 0.3) is 0 Å². The Bertz CT molecular complexity index is 1120. The number of benzene rings is 4. The molecule has 0 spiro atoms. The molecule has 0 N–H and O–H groups in total. The fourth-order valence-electron chi connectivity index (χ4n) is 4.00. The van der Waals surface area contributed by atoms with E-state index in [0.717, 1.165) is 22.5 Å². The molecule has 33 heavy (non-hydrogen) atoms. The average Bonchev–Trinajstić information content (AvgIpc) is 2.88. The Balaban J connectivity index is 1.62. The highest BCUT2D eigenvalue weighted by Gasteiger charge is 2.30. The molecular formula is C30H27NO2. The number of hydrogen-bond acceptors (Lipinski definition) is 2. The van der Waals surface area contributed by atoms with Crippen LogP contribution in [-0.4, -0.2) is 11.7 Å². The summed E-state index contributed by atoms with van der Waals surface area (Å²) in [5.41, 5.74) is 3.55. The lowest BCUT2D eigenvalue weighted by atomic mass is 9.90. The fraction of sp³-hybridized carbons (Fsp3) is 0.133. The Morgan fingerprint density at radius 3 is 1.58 bits per heavy atom. The summed E-state index contributed by atoms with van der Waals surface area (Å²) in [5.74, 6) is -0.580. The van der Waals surface area contributed by atoms with Gasteiger partial charge in [-0.25, -0.2) is 0 Å². The van der Waals surface area contributed by atoms with Crippen LogP contribution in [-0.2, 0) is 16.0 Å². The third kappa shape index (κ3) is 5.83. The molecule has 3 nitrogen and oxygen atoms in total. The van der Waals surface area contributed by atoms with Crippen LogP contribution in [0.4, 0.5) is 11.4 Å². The van der Waals surface area contributed by atoms with E-state index in [1.165, 1.54) is 0 Å². The van der Waals surface area contributed by atoms with Crippen molar-refractivity contribution in [2.24, 2.45) is 0 Å². The second kappa shape index (κ2) is 11.1. The molecule has 0 fully saturated rings. The molecule has 0 radical (unpaired) electrons. The second-order valence-electron chi connectivity index (χ2n) is 8.04. The molecule has 3 heteroatoms. The lowest BCUT2D eigenvalue weighted by Crippen LogP contribution is -2.32. The lowest BCUT2D eigenvalue weighted by molar-refractivity contribution is -0.125. The van der Waals surface area contributed by atoms with E-state index >= 15 is 0 Å². The number of para-hydroxylation sites is 2. The van der Waals surface area contributed by atoms with Crippen molar-refractivity contribution in [1.82, 2.24) is 0 Å². The lowest BCUT2D eigenvalue weighted by Gasteiger charge is -2.28. The largest absolute Gasteiger partial charge is 0.300 e. The van der Waals surface area contributed by atoms with Gasteiger partial charge in [-0.05, 0) is 41.8 Å². The van der Waals surface area contributed by atoms with Crippen LogP contribution in [0.25, 0.3) is 0 Å². The van der Waals surface area contributed by atoms with E-state index in [0.29, 0.717) is 12.8 Å². The molecule has 4 rings (SSSR count). The average molecular weight is 434 g/mol. The van der Waals surface area contributed by atoms with Crippen LogP contribution < -0.4 is 4.90 Å². The van der Waals surface area contributed by atoms with E-state index in [-0.39, 0.29) is 18.1 Å². The molecule has 0 saturated heterocycles. The zero-order valence-corrected chi connectivity index (χ0v) is 18.5. The first-order valence-corrected chi connectivity index (χ1v) is 11.3. The van der Waals surface area contributed by atoms with Crippen molar-refractivity contribution in [2.75, 3.05) is 4.90 Å². The van der Waals surface area contributed by atoms with Crippen LogP contribution in [0.5, 0.6) is 0 Å². The van der Waals surface area contributed by atoms with Crippen molar-refractivity contribution in [1.29, 1.82) is 0 Å². The van der Waals surface area contributed by atoms with Crippen LogP contribution in [0.3, 0.4) is 0 Å². The van der Waals surface area contributed by atoms with Gasteiger partial charge in [0, 0.05) is 24.2 Å². The zero-order valence-electron chi connectivity index (χ0n) is 18.5. The van der Waals surface area contributed by atoms with Crippen molar-refractivity contribution in [3.63, 3.8) is 0 Å². The highest BCUT2D eigenvalue weighted by atomic mass is 16.2. The normalized spacial score (nSPS) is 11.5. The number of aryl methyl sites for hydroxylation is 1. The standard InChI is InChI=1S/C30H27NO2/c32-28(22-21-24-13-5-1-6-14-24)23-29(25-15-7-2-8-16-25)30(33)31(26-17-9-3-10-18-26)27-19-11-4-12-20-27/h1-20,29H,21-23H2/t29-/m0/s1. The van der Waals surface area contributed by atoms with E-state index < -0.39 is 5.92 Å². The summed E-state index contributed by atoms with van der Waals surface area (Å²) in [6.07, 6.45) is 1.26. The molecule has 0 aliphatic heterocycles. The number of ketones is 1. The molecule has 0 bridgehead atoms. The summed E-state index contributed by atoms with van der Waals surface area (Å²) >= 11 is 0. The van der Waals surface area contributed by atoms with Crippen molar-refractivity contribution in [2.45, 2.75) is 25.2 Å². The number of carbonyl (C=O) groups is 2. The van der Waals surface area contributed by atoms with Gasteiger partial charge in [-0.1, -0.05) is 97.1 Å². The number of anilines is 2. The van der Waals surface area contributed by atoms with Gasteiger partial charge in [-0.3, -0.25) is 14.5 Å². The molecule has 1 atom stereocenters. The van der Waals surface area contributed by atoms with E-state index in [1.54, 1.807) is 4.90 Å². The van der Waals surface area contributed by atoms with Crippen molar-refractivity contribution in [3.05, 3.63) is 132 Å². The predicted octanol–water partition coefficient (Wildman–Crippen LogP) is 6.73. The van der Waals surface area contributed by atoms with Gasteiger partial charge < -0.3 is 0 Å². The molecule has 0 aliphatic carbocycles. The molecule has 0 aliphatic rings. The van der Waals surface area contributed by atoms with Crippen molar-refractivity contribution < 1.29 is 9.59 Å². The molecule has 4 aromatic rings. The number of rotatable bonds is 9. The van der Waals surface area contributed by atoms with Gasteiger partial charge in [0.2, 0.25) is 5.91 Å². The summed E-state index contributed by atoms with van der Waals surface area (Å²) in [7, 11) is 0. The first-order chi connectivity index (χ1) is 16.2. The van der Waals surface area contributed by atoms with Crippen LogP contribution in [0, 0.1) is 0 Å². The van der Waals surface area contributed by atoms with Crippen LogP contribution in [0.1, 0.15) is 29.9 Å². The minimum absolute atomic E-state index is 0.0853. The molecule has 0 heterocycles. The maximum absolute atomic E-state index is 14.0. The minimum atomic E-state index is -0.560. The summed E-state index contributed by atoms with van der Waals surface area (Å²) in [6, 6.07) is 38.8. The molecule has 0 aromatic heterocycles. The number of hydrogen-bond donors (Lipinski definition) is 0. The second-order valence-corrected chi connectivity index (χ2v) is 8.04. The van der Waals surface area contributed by atoms with Gasteiger partial charge in [0.05, 0.1) is 5.92 Å². The quantitative estimate of drug-likeness (QED) is 0.294. The monoisotopic (exact) mass is 433 g/mol. The van der Waals surface area contributed by atoms with E-state index in [1.807, 2.05) is 121 Å². The number of carbonyl (C=O) groups excluding carboxylic acids is 2. The number of nitrogens with zero attached hydrogens (tertiary/aromatic N) is 1. The fourth-order valence-corrected chi connectivity index (χ4v) is 4.00. The molecule has 0 saturated carbocycles. The van der Waals surface area contributed by atoms with Crippen LogP contribution in [0.15, 0.2) is 121 Å². The number of amides is 1. The van der Waals surface area contributed by atoms with Gasteiger partial charge >= 0.3 is 0 Å². The van der Waals surface area contributed by atoms with Gasteiger partial charge in [0.15, 0.2) is 0 Å². The smallest absolute Gasteiger partial charge is 0.239 e. The number of Topliss-reactive ketones (excluding diaryl/α,β-unsaturated/α-hetero) is 1. The summed E-state index contributed by atoms with van der Waals surface area (Å²) < 4.78 is 0. The molecule has 1 amide bonds. The van der Waals surface area contributed by atoms with Gasteiger partial charge in [0.1, 0.15) is 5.78 Å². The Labute approximate surface area is 195 Å². The highest BCUT2D eigenvalue weighted by molar-refractivity contribution is 6.05. The Kier molecular flexibility index (Phi) is 7.44. The zero-order chi connectivity index (χ0) is 22.9. The van der Waals surface area contributed by atoms with Crippen molar-refractivity contribution in [3.8, 4) is 0 Å². The minimum Gasteiger partial charge on any atom is -0.300 e. The Morgan fingerprint density at radius 1 is 0.606 bits per heavy atom. The van der Waals surface area contributed by atoms with Crippen molar-refractivity contribution >= 4 is 23.1 Å². The first kappa shape index (κ1) is 22.2. The van der Waals surface area contributed by atoms with Crippen LogP contribution in [0.2, 0.25) is 0 Å². The topological polar surface area (TPSA) is 37.4 Å². The third-order valence-corrected chi connectivity index (χ3v) is 5.72. The third-order valence-electron chi connectivity index (χ3n) is 5.72. The molecule has 0 unspecified atom stereocenters. The maximum Gasteiger partial charge on any atom is 0.239 e. The SMILES string of the molecule is O=C(CCc1ccccc1)C[C@H](C(=O)N(c1ccccc1)c1ccccc1)c1ccccc1. The highest BCUT2D eigenvalue weighted by Crippen LogP contribution is 2.32. The molecular weight excluding hydrogens is 406 g/mol. The summed E-state index contributed by atoms with van der Waals surface area (Å²) in [6.45, 7) is 0.